The van der Waals surface area contributed by atoms with Crippen molar-refractivity contribution in [3.8, 4) is 0 Å². The Hall–Kier alpha value is -0.370. The Labute approximate surface area is 71.9 Å². The van der Waals surface area contributed by atoms with Crippen LogP contribution in [0, 0.1) is 5.92 Å². The number of alkyl halides is 1. The van der Waals surface area contributed by atoms with E-state index in [1.165, 1.54) is 13.8 Å². The molecule has 64 valence electrons. The molecule has 0 spiro atoms. The van der Waals surface area contributed by atoms with E-state index >= 15 is 0 Å². The number of carbonyl (C=O) groups is 2. The Morgan fingerprint density at radius 2 is 1.73 bits per heavy atom. The van der Waals surface area contributed by atoms with Crippen LogP contribution >= 0.6 is 11.6 Å². The van der Waals surface area contributed by atoms with Crippen LogP contribution in [0.4, 0.5) is 0 Å². The van der Waals surface area contributed by atoms with Crippen molar-refractivity contribution in [1.29, 1.82) is 0 Å². The van der Waals surface area contributed by atoms with Gasteiger partial charge in [-0.1, -0.05) is 0 Å². The normalized spacial score (nSPS) is 10.2. The van der Waals surface area contributed by atoms with Gasteiger partial charge in [-0.05, 0) is 26.7 Å². The van der Waals surface area contributed by atoms with Gasteiger partial charge in [0.1, 0.15) is 11.6 Å². The molecule has 0 atom stereocenters. The second-order valence-electron chi connectivity index (χ2n) is 2.61. The lowest BCUT2D eigenvalue weighted by atomic mass is 9.96. The number of Topliss-reactive ketones (excluding diaryl/α,β-unsaturated/α-hetero) is 2. The van der Waals surface area contributed by atoms with Crippen molar-refractivity contribution >= 4 is 23.2 Å². The van der Waals surface area contributed by atoms with E-state index in [-0.39, 0.29) is 11.6 Å². The standard InChI is InChI=1S/C8H13ClO2/c1-6(10)8(7(2)11)4-3-5-9/h8H,3-5H2,1-2H3. The molecule has 0 aromatic carbocycles. The highest BCUT2D eigenvalue weighted by Gasteiger charge is 2.17. The molecule has 2 nitrogen and oxygen atoms in total. The van der Waals surface area contributed by atoms with Gasteiger partial charge in [-0.15, -0.1) is 11.6 Å². The summed E-state index contributed by atoms with van der Waals surface area (Å²) < 4.78 is 0. The average molecular weight is 177 g/mol. The third-order valence-electron chi connectivity index (χ3n) is 1.61. The first kappa shape index (κ1) is 10.6. The average Bonchev–Trinajstić information content (AvgIpc) is 1.87. The van der Waals surface area contributed by atoms with E-state index in [9.17, 15) is 9.59 Å². The zero-order valence-electron chi connectivity index (χ0n) is 6.89. The largest absolute Gasteiger partial charge is 0.299 e. The summed E-state index contributed by atoms with van der Waals surface area (Å²) in [6, 6.07) is 0. The molecule has 0 aromatic heterocycles. The molecule has 0 unspecified atom stereocenters. The Balaban J connectivity index is 3.90. The van der Waals surface area contributed by atoms with E-state index in [1.807, 2.05) is 0 Å². The van der Waals surface area contributed by atoms with Gasteiger partial charge < -0.3 is 0 Å². The van der Waals surface area contributed by atoms with Crippen LogP contribution in [0.5, 0.6) is 0 Å². The van der Waals surface area contributed by atoms with Crippen molar-refractivity contribution in [2.75, 3.05) is 5.88 Å². The number of ketones is 2. The summed E-state index contributed by atoms with van der Waals surface area (Å²) in [7, 11) is 0. The predicted molar refractivity (Wildman–Crippen MR) is 44.8 cm³/mol. The smallest absolute Gasteiger partial charge is 0.140 e. The topological polar surface area (TPSA) is 34.1 Å². The van der Waals surface area contributed by atoms with Crippen molar-refractivity contribution in [2.24, 2.45) is 5.92 Å². The van der Waals surface area contributed by atoms with Crippen molar-refractivity contribution in [2.45, 2.75) is 26.7 Å². The number of carbonyl (C=O) groups excluding carboxylic acids is 2. The summed E-state index contributed by atoms with van der Waals surface area (Å²) in [6.07, 6.45) is 1.32. The lowest BCUT2D eigenvalue weighted by Gasteiger charge is -2.07. The van der Waals surface area contributed by atoms with Crippen molar-refractivity contribution in [3.63, 3.8) is 0 Å². The molecule has 0 N–H and O–H groups in total. The van der Waals surface area contributed by atoms with E-state index < -0.39 is 5.92 Å². The molecule has 0 saturated carbocycles. The second-order valence-corrected chi connectivity index (χ2v) is 2.98. The Kier molecular flexibility index (Phi) is 5.12. The Morgan fingerprint density at radius 3 is 2.00 bits per heavy atom. The number of hydrogen-bond acceptors (Lipinski definition) is 2. The lowest BCUT2D eigenvalue weighted by molar-refractivity contribution is -0.130. The van der Waals surface area contributed by atoms with Crippen LogP contribution in [-0.2, 0) is 9.59 Å². The predicted octanol–water partition coefficient (Wildman–Crippen LogP) is 1.80. The van der Waals surface area contributed by atoms with Gasteiger partial charge in [-0.2, -0.15) is 0 Å². The minimum absolute atomic E-state index is 0.0531. The number of halogens is 1. The highest BCUT2D eigenvalue weighted by atomic mass is 35.5. The maximum absolute atomic E-state index is 10.8. The van der Waals surface area contributed by atoms with Gasteiger partial charge in [0.25, 0.3) is 0 Å². The van der Waals surface area contributed by atoms with E-state index in [4.69, 9.17) is 11.6 Å². The van der Waals surface area contributed by atoms with Gasteiger partial charge in [0.05, 0.1) is 5.92 Å². The van der Waals surface area contributed by atoms with Crippen LogP contribution in [0.3, 0.4) is 0 Å². The molecule has 0 radical (unpaired) electrons. The molecule has 3 heteroatoms. The van der Waals surface area contributed by atoms with Crippen LogP contribution in [0.25, 0.3) is 0 Å². The van der Waals surface area contributed by atoms with E-state index in [2.05, 4.69) is 0 Å². The molecule has 0 amide bonds. The molecular formula is C8H13ClO2. The van der Waals surface area contributed by atoms with Gasteiger partial charge >= 0.3 is 0 Å². The molecule has 0 heterocycles. The summed E-state index contributed by atoms with van der Waals surface area (Å²) in [4.78, 5) is 21.7. The monoisotopic (exact) mass is 176 g/mol. The first-order chi connectivity index (χ1) is 5.09. The highest BCUT2D eigenvalue weighted by Crippen LogP contribution is 2.09. The van der Waals surface area contributed by atoms with Gasteiger partial charge in [-0.25, -0.2) is 0 Å². The third kappa shape index (κ3) is 4.14. The summed E-state index contributed by atoms with van der Waals surface area (Å²) in [5, 5.41) is 0. The summed E-state index contributed by atoms with van der Waals surface area (Å²) in [6.45, 7) is 2.89. The zero-order valence-corrected chi connectivity index (χ0v) is 7.65. The minimum Gasteiger partial charge on any atom is -0.299 e. The summed E-state index contributed by atoms with van der Waals surface area (Å²) in [5.74, 6) is -0.0177. The van der Waals surface area contributed by atoms with Crippen molar-refractivity contribution in [3.05, 3.63) is 0 Å². The number of hydrogen-bond donors (Lipinski definition) is 0. The van der Waals surface area contributed by atoms with Crippen LogP contribution in [-0.4, -0.2) is 17.4 Å². The SMILES string of the molecule is CC(=O)C(CCCCl)C(C)=O. The molecule has 0 aliphatic heterocycles. The maximum Gasteiger partial charge on any atom is 0.140 e. The first-order valence-corrected chi connectivity index (χ1v) is 4.20. The molecule has 0 aliphatic carbocycles. The summed E-state index contributed by atoms with van der Waals surface area (Å²) in [5.41, 5.74) is 0. The molecule has 11 heavy (non-hydrogen) atoms. The fourth-order valence-corrected chi connectivity index (χ4v) is 1.13. The van der Waals surface area contributed by atoms with Crippen LogP contribution in [0.15, 0.2) is 0 Å². The van der Waals surface area contributed by atoms with E-state index in [0.717, 1.165) is 6.42 Å². The fraction of sp³-hybridized carbons (Fsp3) is 0.750. The van der Waals surface area contributed by atoms with Crippen molar-refractivity contribution < 1.29 is 9.59 Å². The molecule has 0 fully saturated rings. The van der Waals surface area contributed by atoms with Gasteiger partial charge in [0, 0.05) is 5.88 Å². The van der Waals surface area contributed by atoms with E-state index in [0.29, 0.717) is 12.3 Å². The molecule has 0 aromatic rings. The maximum atomic E-state index is 10.8. The molecule has 0 rings (SSSR count). The van der Waals surface area contributed by atoms with Gasteiger partial charge in [0.2, 0.25) is 0 Å². The number of rotatable bonds is 5. The lowest BCUT2D eigenvalue weighted by Crippen LogP contribution is -2.19. The summed E-state index contributed by atoms with van der Waals surface area (Å²) >= 11 is 5.43. The van der Waals surface area contributed by atoms with Crippen molar-refractivity contribution in [1.82, 2.24) is 0 Å². The van der Waals surface area contributed by atoms with Crippen LogP contribution in [0.2, 0.25) is 0 Å². The minimum atomic E-state index is -0.422. The second kappa shape index (κ2) is 5.30. The van der Waals surface area contributed by atoms with E-state index in [1.54, 1.807) is 0 Å². The van der Waals surface area contributed by atoms with Gasteiger partial charge in [-0.3, -0.25) is 9.59 Å². The third-order valence-corrected chi connectivity index (χ3v) is 1.88. The molecule has 0 saturated heterocycles. The highest BCUT2D eigenvalue weighted by molar-refractivity contribution is 6.17. The molecular weight excluding hydrogens is 164 g/mol. The van der Waals surface area contributed by atoms with Crippen LogP contribution in [0.1, 0.15) is 26.7 Å². The van der Waals surface area contributed by atoms with Gasteiger partial charge in [0.15, 0.2) is 0 Å². The Morgan fingerprint density at radius 1 is 1.27 bits per heavy atom. The zero-order chi connectivity index (χ0) is 8.85. The molecule has 0 bridgehead atoms. The Bertz CT molecular complexity index is 140. The molecule has 0 aliphatic rings. The first-order valence-electron chi connectivity index (χ1n) is 3.66. The fourth-order valence-electron chi connectivity index (χ4n) is 0.974. The quantitative estimate of drug-likeness (QED) is 0.473. The van der Waals surface area contributed by atoms with Crippen LogP contribution < -0.4 is 0 Å².